The van der Waals surface area contributed by atoms with Crippen LogP contribution in [-0.2, 0) is 6.42 Å². The zero-order valence-electron chi connectivity index (χ0n) is 9.00. The summed E-state index contributed by atoms with van der Waals surface area (Å²) in [7, 11) is 0. The number of nitrogens with two attached hydrogens (primary N) is 1. The normalized spacial score (nSPS) is 10.5. The predicted octanol–water partition coefficient (Wildman–Crippen LogP) is 2.55. The van der Waals surface area contributed by atoms with E-state index in [0.29, 0.717) is 22.4 Å². The first-order valence-corrected chi connectivity index (χ1v) is 5.93. The summed E-state index contributed by atoms with van der Waals surface area (Å²) in [6, 6.07) is 2.92. The lowest BCUT2D eigenvalue weighted by Gasteiger charge is -2.09. The fourth-order valence-electron chi connectivity index (χ4n) is 1.47. The van der Waals surface area contributed by atoms with E-state index in [2.05, 4.69) is 31.2 Å². The third-order valence-electron chi connectivity index (χ3n) is 2.32. The molecule has 2 aromatic rings. The smallest absolute Gasteiger partial charge is 0.139 e. The van der Waals surface area contributed by atoms with Crippen molar-refractivity contribution >= 4 is 27.3 Å². The van der Waals surface area contributed by atoms with Crippen molar-refractivity contribution in [2.45, 2.75) is 6.42 Å². The molecule has 0 saturated heterocycles. The first-order valence-electron chi connectivity index (χ1n) is 5.13. The van der Waals surface area contributed by atoms with Gasteiger partial charge in [0.25, 0.3) is 0 Å². The van der Waals surface area contributed by atoms with E-state index in [1.807, 2.05) is 0 Å². The standard InChI is InChI=1S/C11H12BrFN4/c12-7-5-9(14)10(6-8(7)13)15-2-1-11-16-3-4-17-11/h3-6,15H,1-2,14H2,(H,16,17). The fraction of sp³-hybridized carbons (Fsp3) is 0.182. The third kappa shape index (κ3) is 2.97. The van der Waals surface area contributed by atoms with Crippen LogP contribution in [0.4, 0.5) is 15.8 Å². The quantitative estimate of drug-likeness (QED) is 0.760. The molecule has 1 heterocycles. The maximum Gasteiger partial charge on any atom is 0.139 e. The highest BCUT2D eigenvalue weighted by Gasteiger charge is 2.05. The second-order valence-corrected chi connectivity index (χ2v) is 4.42. The zero-order chi connectivity index (χ0) is 12.3. The van der Waals surface area contributed by atoms with Gasteiger partial charge >= 0.3 is 0 Å². The van der Waals surface area contributed by atoms with Crippen LogP contribution in [-0.4, -0.2) is 16.5 Å². The van der Waals surface area contributed by atoms with Crippen LogP contribution < -0.4 is 11.1 Å². The first kappa shape index (κ1) is 11.9. The molecule has 0 aliphatic rings. The van der Waals surface area contributed by atoms with Crippen molar-refractivity contribution in [3.8, 4) is 0 Å². The molecule has 0 saturated carbocycles. The largest absolute Gasteiger partial charge is 0.397 e. The molecule has 0 atom stereocenters. The van der Waals surface area contributed by atoms with Gasteiger partial charge in [0.1, 0.15) is 11.6 Å². The van der Waals surface area contributed by atoms with E-state index < -0.39 is 0 Å². The Kier molecular flexibility index (Phi) is 3.63. The van der Waals surface area contributed by atoms with Gasteiger partial charge < -0.3 is 16.0 Å². The summed E-state index contributed by atoms with van der Waals surface area (Å²) in [5, 5.41) is 3.07. The van der Waals surface area contributed by atoms with E-state index in [0.717, 1.165) is 12.2 Å². The van der Waals surface area contributed by atoms with E-state index in [-0.39, 0.29) is 5.82 Å². The summed E-state index contributed by atoms with van der Waals surface area (Å²) < 4.78 is 13.7. The van der Waals surface area contributed by atoms with E-state index in [9.17, 15) is 4.39 Å². The van der Waals surface area contributed by atoms with E-state index in [1.54, 1.807) is 18.5 Å². The average Bonchev–Trinajstić information content (AvgIpc) is 2.78. The van der Waals surface area contributed by atoms with Crippen LogP contribution >= 0.6 is 15.9 Å². The van der Waals surface area contributed by atoms with Gasteiger partial charge in [-0.2, -0.15) is 0 Å². The van der Waals surface area contributed by atoms with E-state index in [1.165, 1.54) is 6.07 Å². The second kappa shape index (κ2) is 5.18. The number of benzene rings is 1. The third-order valence-corrected chi connectivity index (χ3v) is 2.93. The van der Waals surface area contributed by atoms with Crippen LogP contribution in [0.5, 0.6) is 0 Å². The fourth-order valence-corrected chi connectivity index (χ4v) is 1.83. The maximum atomic E-state index is 13.3. The molecule has 0 aliphatic heterocycles. The number of hydrogen-bond donors (Lipinski definition) is 3. The number of hydrogen-bond acceptors (Lipinski definition) is 3. The lowest BCUT2D eigenvalue weighted by atomic mass is 10.2. The van der Waals surface area contributed by atoms with E-state index >= 15 is 0 Å². The molecule has 1 aromatic carbocycles. The highest BCUT2D eigenvalue weighted by Crippen LogP contribution is 2.26. The van der Waals surface area contributed by atoms with Crippen LogP contribution in [0.25, 0.3) is 0 Å². The predicted molar refractivity (Wildman–Crippen MR) is 69.3 cm³/mol. The first-order chi connectivity index (χ1) is 8.16. The summed E-state index contributed by atoms with van der Waals surface area (Å²) in [4.78, 5) is 7.09. The summed E-state index contributed by atoms with van der Waals surface area (Å²) in [5.41, 5.74) is 6.87. The zero-order valence-corrected chi connectivity index (χ0v) is 10.6. The van der Waals surface area contributed by atoms with Crippen LogP contribution in [0.1, 0.15) is 5.82 Å². The van der Waals surface area contributed by atoms with Crippen molar-refractivity contribution in [3.63, 3.8) is 0 Å². The number of nitrogens with one attached hydrogen (secondary N) is 2. The Morgan fingerprint density at radius 1 is 1.47 bits per heavy atom. The average molecular weight is 299 g/mol. The molecule has 2 rings (SSSR count). The number of halogens is 2. The minimum absolute atomic E-state index is 0.334. The SMILES string of the molecule is Nc1cc(Br)c(F)cc1NCCc1ncc[nH]1. The Morgan fingerprint density at radius 2 is 2.29 bits per heavy atom. The molecule has 0 spiro atoms. The number of rotatable bonds is 4. The van der Waals surface area contributed by atoms with E-state index in [4.69, 9.17) is 5.73 Å². The molecule has 0 fully saturated rings. The summed E-state index contributed by atoms with van der Waals surface area (Å²) in [6.07, 6.45) is 4.19. The maximum absolute atomic E-state index is 13.3. The van der Waals surface area contributed by atoms with Gasteiger partial charge in [0, 0.05) is 31.4 Å². The Hall–Kier alpha value is -1.56. The lowest BCUT2D eigenvalue weighted by Crippen LogP contribution is -2.08. The molecule has 0 unspecified atom stereocenters. The van der Waals surface area contributed by atoms with Gasteiger partial charge in [-0.05, 0) is 22.0 Å². The number of aromatic amines is 1. The molecule has 17 heavy (non-hydrogen) atoms. The minimum atomic E-state index is -0.334. The number of nitrogen functional groups attached to an aromatic ring is 1. The van der Waals surface area contributed by atoms with Gasteiger partial charge in [0.05, 0.1) is 15.8 Å². The molecule has 6 heteroatoms. The van der Waals surface area contributed by atoms with Gasteiger partial charge in [-0.25, -0.2) is 9.37 Å². The summed E-state index contributed by atoms with van der Waals surface area (Å²) in [6.45, 7) is 0.638. The molecular weight excluding hydrogens is 287 g/mol. The van der Waals surface area contributed by atoms with Gasteiger partial charge in [-0.3, -0.25) is 0 Å². The van der Waals surface area contributed by atoms with Crippen LogP contribution in [0.15, 0.2) is 29.0 Å². The Bertz CT molecular complexity index is 498. The topological polar surface area (TPSA) is 66.7 Å². The second-order valence-electron chi connectivity index (χ2n) is 3.57. The highest BCUT2D eigenvalue weighted by molar-refractivity contribution is 9.10. The van der Waals surface area contributed by atoms with Crippen molar-refractivity contribution in [1.82, 2.24) is 9.97 Å². The van der Waals surface area contributed by atoms with Crippen LogP contribution in [0.2, 0.25) is 0 Å². The van der Waals surface area contributed by atoms with Gasteiger partial charge in [-0.15, -0.1) is 0 Å². The minimum Gasteiger partial charge on any atom is -0.397 e. The Balaban J connectivity index is 1.97. The Morgan fingerprint density at radius 3 is 3.00 bits per heavy atom. The monoisotopic (exact) mass is 298 g/mol. The molecule has 1 aromatic heterocycles. The molecule has 0 bridgehead atoms. The molecule has 4 nitrogen and oxygen atoms in total. The molecule has 4 N–H and O–H groups in total. The highest BCUT2D eigenvalue weighted by atomic mass is 79.9. The lowest BCUT2D eigenvalue weighted by molar-refractivity contribution is 0.622. The van der Waals surface area contributed by atoms with Crippen molar-refractivity contribution in [3.05, 3.63) is 40.6 Å². The Labute approximate surface area is 107 Å². The van der Waals surface area contributed by atoms with Crippen LogP contribution in [0, 0.1) is 5.82 Å². The summed E-state index contributed by atoms with van der Waals surface area (Å²) >= 11 is 3.08. The molecule has 90 valence electrons. The van der Waals surface area contributed by atoms with Crippen molar-refractivity contribution in [2.24, 2.45) is 0 Å². The molecular formula is C11H12BrFN4. The molecule has 0 aliphatic carbocycles. The van der Waals surface area contributed by atoms with Crippen molar-refractivity contribution in [1.29, 1.82) is 0 Å². The summed E-state index contributed by atoms with van der Waals surface area (Å²) in [5.74, 6) is 0.549. The number of anilines is 2. The molecule has 0 amide bonds. The number of aromatic nitrogens is 2. The van der Waals surface area contributed by atoms with Crippen molar-refractivity contribution in [2.75, 3.05) is 17.6 Å². The van der Waals surface area contributed by atoms with Crippen molar-refractivity contribution < 1.29 is 4.39 Å². The van der Waals surface area contributed by atoms with Gasteiger partial charge in [0.2, 0.25) is 0 Å². The van der Waals surface area contributed by atoms with Gasteiger partial charge in [-0.1, -0.05) is 0 Å². The number of imidazole rings is 1. The number of H-pyrrole nitrogens is 1. The number of nitrogens with zero attached hydrogens (tertiary/aromatic N) is 1. The van der Waals surface area contributed by atoms with Crippen LogP contribution in [0.3, 0.4) is 0 Å². The molecule has 0 radical (unpaired) electrons. The van der Waals surface area contributed by atoms with Gasteiger partial charge in [0.15, 0.2) is 0 Å².